The molecule has 0 saturated carbocycles. The van der Waals surface area contributed by atoms with Crippen molar-refractivity contribution in [1.82, 2.24) is 24.0 Å². The van der Waals surface area contributed by atoms with Gasteiger partial charge in [-0.3, -0.25) is 18.7 Å². The normalized spacial score (nSPS) is 18.3. The van der Waals surface area contributed by atoms with Crippen molar-refractivity contribution < 1.29 is 13.9 Å². The zero-order chi connectivity index (χ0) is 25.3. The number of carbonyl (C=O) groups excluding carboxylic acids is 1. The Morgan fingerprint density at radius 3 is 2.57 bits per heavy atom. The number of amides is 1. The highest BCUT2D eigenvalue weighted by Crippen LogP contribution is 2.24. The summed E-state index contributed by atoms with van der Waals surface area (Å²) < 4.78 is 24.5. The van der Waals surface area contributed by atoms with Gasteiger partial charge in [0.25, 0.3) is 5.56 Å². The SMILES string of the molecule is CC1CN(c2ccc(CNC(=O)CCCn3cnc4c3c(=O)n(C)c(=O)n4C)cc2F)CC(C)O1. The van der Waals surface area contributed by atoms with Crippen molar-refractivity contribution >= 4 is 22.8 Å². The number of halogens is 1. The quantitative estimate of drug-likeness (QED) is 0.540. The van der Waals surface area contributed by atoms with Crippen LogP contribution in [0.25, 0.3) is 11.2 Å². The molecule has 0 spiro atoms. The number of aryl methyl sites for hydroxylation is 2. The van der Waals surface area contributed by atoms with E-state index in [2.05, 4.69) is 10.3 Å². The number of hydrogen-bond acceptors (Lipinski definition) is 6. The Morgan fingerprint density at radius 1 is 1.17 bits per heavy atom. The summed E-state index contributed by atoms with van der Waals surface area (Å²) in [4.78, 5) is 43.0. The van der Waals surface area contributed by atoms with Crippen molar-refractivity contribution in [3.05, 3.63) is 56.7 Å². The topological polar surface area (TPSA) is 103 Å². The van der Waals surface area contributed by atoms with E-state index in [1.165, 1.54) is 24.0 Å². The lowest BCUT2D eigenvalue weighted by Crippen LogP contribution is -2.45. The smallest absolute Gasteiger partial charge is 0.332 e. The number of hydrogen-bond donors (Lipinski definition) is 1. The van der Waals surface area contributed by atoms with Crippen molar-refractivity contribution in [3.8, 4) is 0 Å². The molecule has 2 atom stereocenters. The molecular formula is C24H31FN6O4. The summed E-state index contributed by atoms with van der Waals surface area (Å²) in [7, 11) is 2.98. The third-order valence-electron chi connectivity index (χ3n) is 6.28. The van der Waals surface area contributed by atoms with Gasteiger partial charge in [0.2, 0.25) is 5.91 Å². The van der Waals surface area contributed by atoms with Gasteiger partial charge >= 0.3 is 5.69 Å². The van der Waals surface area contributed by atoms with Crippen molar-refractivity contribution in [2.24, 2.45) is 14.1 Å². The first-order chi connectivity index (χ1) is 16.7. The molecule has 1 aromatic carbocycles. The van der Waals surface area contributed by atoms with E-state index in [9.17, 15) is 18.8 Å². The molecule has 11 heteroatoms. The van der Waals surface area contributed by atoms with Crippen LogP contribution >= 0.6 is 0 Å². The Bertz CT molecular complexity index is 1350. The van der Waals surface area contributed by atoms with Crippen LogP contribution < -0.4 is 21.5 Å². The lowest BCUT2D eigenvalue weighted by Gasteiger charge is -2.37. The van der Waals surface area contributed by atoms with Crippen molar-refractivity contribution in [2.45, 2.75) is 52.0 Å². The van der Waals surface area contributed by atoms with Gasteiger partial charge in [0, 0.05) is 46.7 Å². The molecule has 188 valence electrons. The molecule has 35 heavy (non-hydrogen) atoms. The maximum atomic E-state index is 14.8. The number of carbonyl (C=O) groups is 1. The number of aromatic nitrogens is 4. The standard InChI is InChI=1S/C24H31FN6O4/c1-15-12-31(13-16(2)35-15)19-8-7-17(10-18(19)25)11-26-20(32)6-5-9-30-14-27-22-21(30)23(33)29(4)24(34)28(22)3/h7-8,10,14-16H,5-6,9,11-13H2,1-4H3,(H,26,32). The third-order valence-corrected chi connectivity index (χ3v) is 6.28. The lowest BCUT2D eigenvalue weighted by atomic mass is 10.1. The molecule has 3 aromatic rings. The summed E-state index contributed by atoms with van der Waals surface area (Å²) in [5, 5.41) is 2.82. The fourth-order valence-electron chi connectivity index (χ4n) is 4.56. The highest BCUT2D eigenvalue weighted by molar-refractivity contribution is 5.76. The molecule has 1 fully saturated rings. The van der Waals surface area contributed by atoms with E-state index >= 15 is 0 Å². The summed E-state index contributed by atoms with van der Waals surface area (Å²) in [6.07, 6.45) is 2.28. The van der Waals surface area contributed by atoms with Gasteiger partial charge < -0.3 is 19.5 Å². The van der Waals surface area contributed by atoms with Gasteiger partial charge in [0.05, 0.1) is 24.2 Å². The van der Waals surface area contributed by atoms with Crippen molar-refractivity contribution in [1.29, 1.82) is 0 Å². The maximum Gasteiger partial charge on any atom is 0.332 e. The van der Waals surface area contributed by atoms with Gasteiger partial charge in [0.1, 0.15) is 5.82 Å². The van der Waals surface area contributed by atoms with Gasteiger partial charge in [-0.15, -0.1) is 0 Å². The Morgan fingerprint density at radius 2 is 1.89 bits per heavy atom. The Labute approximate surface area is 201 Å². The van der Waals surface area contributed by atoms with Crippen LogP contribution in [0.4, 0.5) is 10.1 Å². The molecule has 1 N–H and O–H groups in total. The zero-order valence-electron chi connectivity index (χ0n) is 20.5. The predicted octanol–water partition coefficient (Wildman–Crippen LogP) is 1.28. The number of fused-ring (bicyclic) bond motifs is 1. The molecular weight excluding hydrogens is 455 g/mol. The molecule has 3 heterocycles. The molecule has 2 aromatic heterocycles. The zero-order valence-corrected chi connectivity index (χ0v) is 20.5. The fraction of sp³-hybridized carbons (Fsp3) is 0.500. The summed E-state index contributed by atoms with van der Waals surface area (Å²) in [6.45, 7) is 5.83. The molecule has 1 amide bonds. The van der Waals surface area contributed by atoms with Gasteiger partial charge in [-0.2, -0.15) is 0 Å². The summed E-state index contributed by atoms with van der Waals surface area (Å²) in [5.41, 5.74) is 1.00. The van der Waals surface area contributed by atoms with Crippen LogP contribution in [0.15, 0.2) is 34.1 Å². The number of benzene rings is 1. The highest BCUT2D eigenvalue weighted by Gasteiger charge is 2.24. The van der Waals surface area contributed by atoms with Crippen LogP contribution in [-0.4, -0.2) is 49.9 Å². The largest absolute Gasteiger partial charge is 0.372 e. The molecule has 10 nitrogen and oxygen atoms in total. The van der Waals surface area contributed by atoms with Crippen LogP contribution in [0.2, 0.25) is 0 Å². The number of imidazole rings is 1. The first kappa shape index (κ1) is 24.6. The van der Waals surface area contributed by atoms with E-state index in [0.717, 1.165) is 4.57 Å². The van der Waals surface area contributed by atoms with Gasteiger partial charge in [-0.05, 0) is 38.0 Å². The molecule has 0 radical (unpaired) electrons. The molecule has 1 aliphatic rings. The van der Waals surface area contributed by atoms with Crippen LogP contribution in [0.5, 0.6) is 0 Å². The van der Waals surface area contributed by atoms with Crippen LogP contribution in [-0.2, 0) is 36.7 Å². The number of nitrogens with one attached hydrogen (secondary N) is 1. The average molecular weight is 487 g/mol. The van der Waals surface area contributed by atoms with E-state index in [-0.39, 0.29) is 36.9 Å². The molecule has 0 aliphatic carbocycles. The predicted molar refractivity (Wildman–Crippen MR) is 130 cm³/mol. The third kappa shape index (κ3) is 5.14. The van der Waals surface area contributed by atoms with E-state index < -0.39 is 11.2 Å². The van der Waals surface area contributed by atoms with Gasteiger partial charge in [-0.25, -0.2) is 14.2 Å². The van der Waals surface area contributed by atoms with Gasteiger partial charge in [0.15, 0.2) is 11.2 Å². The number of morpholine rings is 1. The Kier molecular flexibility index (Phi) is 7.06. The van der Waals surface area contributed by atoms with Gasteiger partial charge in [-0.1, -0.05) is 6.07 Å². The number of ether oxygens (including phenoxy) is 1. The second-order valence-electron chi connectivity index (χ2n) is 9.14. The van der Waals surface area contributed by atoms with E-state index in [1.807, 2.05) is 24.8 Å². The fourth-order valence-corrected chi connectivity index (χ4v) is 4.56. The highest BCUT2D eigenvalue weighted by atomic mass is 19.1. The summed E-state index contributed by atoms with van der Waals surface area (Å²) >= 11 is 0. The molecule has 4 rings (SSSR count). The summed E-state index contributed by atoms with van der Waals surface area (Å²) in [6, 6.07) is 5.03. The number of anilines is 1. The minimum absolute atomic E-state index is 0.0346. The maximum absolute atomic E-state index is 14.8. The second kappa shape index (κ2) is 10.0. The van der Waals surface area contributed by atoms with Crippen LogP contribution in [0.3, 0.4) is 0 Å². The van der Waals surface area contributed by atoms with E-state index in [0.29, 0.717) is 48.5 Å². The number of nitrogens with zero attached hydrogens (tertiary/aromatic N) is 5. The molecule has 1 saturated heterocycles. The second-order valence-corrected chi connectivity index (χ2v) is 9.14. The monoisotopic (exact) mass is 486 g/mol. The first-order valence-corrected chi connectivity index (χ1v) is 11.7. The van der Waals surface area contributed by atoms with E-state index in [1.54, 1.807) is 17.7 Å². The van der Waals surface area contributed by atoms with Crippen molar-refractivity contribution in [3.63, 3.8) is 0 Å². The summed E-state index contributed by atoms with van der Waals surface area (Å²) in [5.74, 6) is -0.490. The van der Waals surface area contributed by atoms with E-state index in [4.69, 9.17) is 4.74 Å². The minimum atomic E-state index is -0.439. The Hall–Kier alpha value is -3.47. The first-order valence-electron chi connectivity index (χ1n) is 11.7. The Balaban J connectivity index is 1.31. The minimum Gasteiger partial charge on any atom is -0.372 e. The van der Waals surface area contributed by atoms with Crippen LogP contribution in [0, 0.1) is 5.82 Å². The average Bonchev–Trinajstić information content (AvgIpc) is 3.23. The molecule has 0 bridgehead atoms. The van der Waals surface area contributed by atoms with Crippen LogP contribution in [0.1, 0.15) is 32.3 Å². The molecule has 2 unspecified atom stereocenters. The number of rotatable bonds is 7. The van der Waals surface area contributed by atoms with Crippen molar-refractivity contribution in [2.75, 3.05) is 18.0 Å². The lowest BCUT2D eigenvalue weighted by molar-refractivity contribution is -0.121. The molecule has 1 aliphatic heterocycles.